The van der Waals surface area contributed by atoms with E-state index in [9.17, 15) is 4.79 Å². The Morgan fingerprint density at radius 2 is 2.00 bits per heavy atom. The predicted molar refractivity (Wildman–Crippen MR) is 86.3 cm³/mol. The molecule has 0 unspecified atom stereocenters. The van der Waals surface area contributed by atoms with Gasteiger partial charge in [-0.1, -0.05) is 43.1 Å². The molecule has 2 aromatic carbocycles. The Bertz CT molecular complexity index is 613. The van der Waals surface area contributed by atoms with Crippen LogP contribution in [0.4, 0.5) is 5.69 Å². The van der Waals surface area contributed by atoms with Crippen molar-refractivity contribution >= 4 is 23.2 Å². The molecule has 1 N–H and O–H groups in total. The molecule has 0 fully saturated rings. The zero-order chi connectivity index (χ0) is 15.1. The SMILES string of the molecule is CCCCOc1cccc(NC(=O)c2ccccc2Cl)c1. The van der Waals surface area contributed by atoms with Crippen molar-refractivity contribution in [1.29, 1.82) is 0 Å². The molecule has 0 aliphatic heterocycles. The molecule has 2 aromatic rings. The maximum atomic E-state index is 12.2. The van der Waals surface area contributed by atoms with Gasteiger partial charge in [-0.05, 0) is 30.7 Å². The van der Waals surface area contributed by atoms with Crippen molar-refractivity contribution in [3.8, 4) is 5.75 Å². The number of amides is 1. The first-order valence-corrected chi connectivity index (χ1v) is 7.37. The Labute approximate surface area is 129 Å². The van der Waals surface area contributed by atoms with Crippen LogP contribution in [0.1, 0.15) is 30.1 Å². The number of rotatable bonds is 6. The first-order valence-electron chi connectivity index (χ1n) is 6.99. The van der Waals surface area contributed by atoms with Gasteiger partial charge in [-0.2, -0.15) is 0 Å². The molecule has 3 nitrogen and oxygen atoms in total. The van der Waals surface area contributed by atoms with Crippen molar-refractivity contribution in [3.63, 3.8) is 0 Å². The summed E-state index contributed by atoms with van der Waals surface area (Å²) in [6, 6.07) is 14.3. The minimum atomic E-state index is -0.230. The third kappa shape index (κ3) is 4.50. The van der Waals surface area contributed by atoms with Crippen molar-refractivity contribution in [3.05, 3.63) is 59.1 Å². The van der Waals surface area contributed by atoms with E-state index in [1.54, 1.807) is 24.3 Å². The molecule has 2 rings (SSSR count). The van der Waals surface area contributed by atoms with Crippen LogP contribution >= 0.6 is 11.6 Å². The number of benzene rings is 2. The van der Waals surface area contributed by atoms with E-state index in [0.29, 0.717) is 22.9 Å². The Balaban J connectivity index is 2.04. The van der Waals surface area contributed by atoms with Gasteiger partial charge in [0.25, 0.3) is 5.91 Å². The fourth-order valence-corrected chi connectivity index (χ4v) is 2.06. The van der Waals surface area contributed by atoms with Gasteiger partial charge in [-0.15, -0.1) is 0 Å². The largest absolute Gasteiger partial charge is 0.494 e. The minimum absolute atomic E-state index is 0.230. The van der Waals surface area contributed by atoms with Crippen LogP contribution in [-0.4, -0.2) is 12.5 Å². The molecule has 0 radical (unpaired) electrons. The molecule has 1 amide bonds. The molecule has 0 atom stereocenters. The molecule has 4 heteroatoms. The molecule has 0 saturated carbocycles. The van der Waals surface area contributed by atoms with Gasteiger partial charge in [-0.3, -0.25) is 4.79 Å². The number of halogens is 1. The van der Waals surface area contributed by atoms with Crippen molar-refractivity contribution in [2.24, 2.45) is 0 Å². The summed E-state index contributed by atoms with van der Waals surface area (Å²) in [5.41, 5.74) is 1.14. The van der Waals surface area contributed by atoms with E-state index in [4.69, 9.17) is 16.3 Å². The van der Waals surface area contributed by atoms with E-state index in [1.807, 2.05) is 24.3 Å². The highest BCUT2D eigenvalue weighted by Gasteiger charge is 2.09. The molecular formula is C17H18ClNO2. The summed E-state index contributed by atoms with van der Waals surface area (Å²) in [4.78, 5) is 12.2. The number of nitrogens with one attached hydrogen (secondary N) is 1. The third-order valence-corrected chi connectivity index (χ3v) is 3.31. The molecule has 21 heavy (non-hydrogen) atoms. The topological polar surface area (TPSA) is 38.3 Å². The molecule has 0 aliphatic carbocycles. The summed E-state index contributed by atoms with van der Waals surface area (Å²) < 4.78 is 5.62. The first-order chi connectivity index (χ1) is 10.2. The van der Waals surface area contributed by atoms with Crippen molar-refractivity contribution in [1.82, 2.24) is 0 Å². The lowest BCUT2D eigenvalue weighted by molar-refractivity contribution is 0.102. The van der Waals surface area contributed by atoms with Crippen LogP contribution in [0, 0.1) is 0 Å². The highest BCUT2D eigenvalue weighted by molar-refractivity contribution is 6.34. The van der Waals surface area contributed by atoms with Crippen LogP contribution in [0.15, 0.2) is 48.5 Å². The summed E-state index contributed by atoms with van der Waals surface area (Å²) >= 11 is 6.02. The maximum absolute atomic E-state index is 12.2. The monoisotopic (exact) mass is 303 g/mol. The number of unbranched alkanes of at least 4 members (excludes halogenated alkanes) is 1. The number of ether oxygens (including phenoxy) is 1. The summed E-state index contributed by atoms with van der Waals surface area (Å²) in [6.07, 6.45) is 2.10. The van der Waals surface area contributed by atoms with Crippen LogP contribution in [-0.2, 0) is 0 Å². The number of anilines is 1. The van der Waals surface area contributed by atoms with Crippen molar-refractivity contribution < 1.29 is 9.53 Å². The van der Waals surface area contributed by atoms with Gasteiger partial charge in [0.1, 0.15) is 5.75 Å². The van der Waals surface area contributed by atoms with E-state index in [0.717, 1.165) is 18.6 Å². The molecule has 0 bridgehead atoms. The first kappa shape index (κ1) is 15.4. The quantitative estimate of drug-likeness (QED) is 0.781. The van der Waals surface area contributed by atoms with E-state index in [2.05, 4.69) is 12.2 Å². The van der Waals surface area contributed by atoms with E-state index >= 15 is 0 Å². The average Bonchev–Trinajstić information content (AvgIpc) is 2.48. The number of hydrogen-bond donors (Lipinski definition) is 1. The second kappa shape index (κ2) is 7.70. The van der Waals surface area contributed by atoms with Gasteiger partial charge < -0.3 is 10.1 Å². The Kier molecular flexibility index (Phi) is 5.64. The highest BCUT2D eigenvalue weighted by Crippen LogP contribution is 2.20. The van der Waals surface area contributed by atoms with E-state index in [1.165, 1.54) is 0 Å². The smallest absolute Gasteiger partial charge is 0.257 e. The third-order valence-electron chi connectivity index (χ3n) is 2.98. The molecule has 0 spiro atoms. The fourth-order valence-electron chi connectivity index (χ4n) is 1.84. The predicted octanol–water partition coefficient (Wildman–Crippen LogP) is 4.77. The molecule has 0 saturated heterocycles. The fraction of sp³-hybridized carbons (Fsp3) is 0.235. The lowest BCUT2D eigenvalue weighted by Crippen LogP contribution is -2.12. The van der Waals surface area contributed by atoms with Crippen LogP contribution in [0.3, 0.4) is 0 Å². The second-order valence-corrected chi connectivity index (χ2v) is 5.07. The molecule has 0 aliphatic rings. The normalized spacial score (nSPS) is 10.2. The van der Waals surface area contributed by atoms with Crippen LogP contribution < -0.4 is 10.1 Å². The Hall–Kier alpha value is -2.00. The Morgan fingerprint density at radius 1 is 1.19 bits per heavy atom. The van der Waals surface area contributed by atoms with Crippen molar-refractivity contribution in [2.75, 3.05) is 11.9 Å². The maximum Gasteiger partial charge on any atom is 0.257 e. The zero-order valence-corrected chi connectivity index (χ0v) is 12.7. The lowest BCUT2D eigenvalue weighted by atomic mass is 10.2. The molecule has 110 valence electrons. The number of carbonyl (C=O) groups is 1. The second-order valence-electron chi connectivity index (χ2n) is 4.66. The average molecular weight is 304 g/mol. The number of carbonyl (C=O) groups excluding carboxylic acids is 1. The summed E-state index contributed by atoms with van der Waals surface area (Å²) in [6.45, 7) is 2.79. The van der Waals surface area contributed by atoms with Gasteiger partial charge in [0.2, 0.25) is 0 Å². The van der Waals surface area contributed by atoms with Crippen LogP contribution in [0.25, 0.3) is 0 Å². The standard InChI is InChI=1S/C17H18ClNO2/c1-2-3-11-21-14-8-6-7-13(12-14)19-17(20)15-9-4-5-10-16(15)18/h4-10,12H,2-3,11H2,1H3,(H,19,20). The lowest BCUT2D eigenvalue weighted by Gasteiger charge is -2.09. The van der Waals surface area contributed by atoms with Gasteiger partial charge in [0.05, 0.1) is 17.2 Å². The van der Waals surface area contributed by atoms with Gasteiger partial charge >= 0.3 is 0 Å². The Morgan fingerprint density at radius 3 is 2.76 bits per heavy atom. The molecule has 0 aromatic heterocycles. The summed E-state index contributed by atoms with van der Waals surface area (Å²) in [5, 5.41) is 3.26. The summed E-state index contributed by atoms with van der Waals surface area (Å²) in [7, 11) is 0. The van der Waals surface area contributed by atoms with Gasteiger partial charge in [-0.25, -0.2) is 0 Å². The van der Waals surface area contributed by atoms with E-state index < -0.39 is 0 Å². The zero-order valence-electron chi connectivity index (χ0n) is 11.9. The summed E-state index contributed by atoms with van der Waals surface area (Å²) in [5.74, 6) is 0.520. The van der Waals surface area contributed by atoms with Crippen LogP contribution in [0.5, 0.6) is 5.75 Å². The van der Waals surface area contributed by atoms with Crippen molar-refractivity contribution in [2.45, 2.75) is 19.8 Å². The molecule has 0 heterocycles. The molecular weight excluding hydrogens is 286 g/mol. The van der Waals surface area contributed by atoms with Crippen LogP contribution in [0.2, 0.25) is 5.02 Å². The van der Waals surface area contributed by atoms with Gasteiger partial charge in [0, 0.05) is 11.8 Å². The van der Waals surface area contributed by atoms with Gasteiger partial charge in [0.15, 0.2) is 0 Å². The minimum Gasteiger partial charge on any atom is -0.494 e. The van der Waals surface area contributed by atoms with E-state index in [-0.39, 0.29) is 5.91 Å². The number of hydrogen-bond acceptors (Lipinski definition) is 2. The highest BCUT2D eigenvalue weighted by atomic mass is 35.5.